The van der Waals surface area contributed by atoms with Gasteiger partial charge in [0.2, 0.25) is 0 Å². The zero-order valence-electron chi connectivity index (χ0n) is 14.7. The van der Waals surface area contributed by atoms with Gasteiger partial charge in [0.1, 0.15) is 5.82 Å². The first-order valence-electron chi connectivity index (χ1n) is 8.27. The van der Waals surface area contributed by atoms with E-state index in [9.17, 15) is 4.79 Å². The number of nitrogens with one attached hydrogen (secondary N) is 2. The average molecular weight is 377 g/mol. The monoisotopic (exact) mass is 376 g/mol. The van der Waals surface area contributed by atoms with Crippen LogP contribution in [-0.2, 0) is 0 Å². The molecule has 1 aliphatic rings. The lowest BCUT2D eigenvalue weighted by atomic mass is 9.93. The Balaban J connectivity index is 0.00000264. The molecule has 1 fully saturated rings. The number of carbonyl (C=O) groups is 1. The fraction of sp³-hybridized carbons (Fsp3) is 0.647. The second-order valence-corrected chi connectivity index (χ2v) is 6.33. The fourth-order valence-corrected chi connectivity index (χ4v) is 2.91. The van der Waals surface area contributed by atoms with E-state index in [4.69, 9.17) is 0 Å². The smallest absolute Gasteiger partial charge is 0.257 e. The predicted octanol–water partition coefficient (Wildman–Crippen LogP) is 3.21. The van der Waals surface area contributed by atoms with Crippen molar-refractivity contribution in [3.63, 3.8) is 0 Å². The van der Waals surface area contributed by atoms with Gasteiger partial charge in [0.05, 0.1) is 5.56 Å². The van der Waals surface area contributed by atoms with Crippen molar-refractivity contribution in [2.45, 2.75) is 39.2 Å². The number of carbonyl (C=O) groups excluding carboxylic acids is 1. The molecular formula is C17H30Cl2N4O. The zero-order chi connectivity index (χ0) is 15.9. The molecule has 0 radical (unpaired) electrons. The van der Waals surface area contributed by atoms with E-state index in [0.29, 0.717) is 11.4 Å². The van der Waals surface area contributed by atoms with E-state index >= 15 is 0 Å². The Morgan fingerprint density at radius 1 is 1.33 bits per heavy atom. The number of pyridine rings is 1. The molecule has 0 atom stereocenters. The van der Waals surface area contributed by atoms with Gasteiger partial charge in [0.25, 0.3) is 5.91 Å². The molecule has 0 aliphatic carbocycles. The number of anilines is 1. The van der Waals surface area contributed by atoms with Crippen molar-refractivity contribution in [2.75, 3.05) is 32.0 Å². The molecule has 2 heterocycles. The third kappa shape index (κ3) is 6.46. The van der Waals surface area contributed by atoms with E-state index in [0.717, 1.165) is 38.4 Å². The fourth-order valence-electron chi connectivity index (χ4n) is 2.91. The number of likely N-dealkylation sites (tertiary alicyclic amines) is 1. The molecule has 0 aromatic carbocycles. The number of hydrogen-bond donors (Lipinski definition) is 2. The minimum Gasteiger partial charge on any atom is -0.367 e. The van der Waals surface area contributed by atoms with Crippen molar-refractivity contribution in [2.24, 2.45) is 5.92 Å². The highest BCUT2D eigenvalue weighted by Gasteiger charge is 2.25. The Kier molecular flexibility index (Phi) is 11.0. The number of piperidine rings is 1. The van der Waals surface area contributed by atoms with Crippen LogP contribution in [0.4, 0.5) is 5.82 Å². The molecule has 1 aromatic rings. The lowest BCUT2D eigenvalue weighted by Crippen LogP contribution is -2.39. The molecule has 1 aliphatic heterocycles. The van der Waals surface area contributed by atoms with Gasteiger partial charge in [-0.15, -0.1) is 24.8 Å². The lowest BCUT2D eigenvalue weighted by Gasteiger charge is -2.32. The van der Waals surface area contributed by atoms with Gasteiger partial charge < -0.3 is 15.5 Å². The highest BCUT2D eigenvalue weighted by molar-refractivity contribution is 5.98. The topological polar surface area (TPSA) is 57.3 Å². The summed E-state index contributed by atoms with van der Waals surface area (Å²) < 4.78 is 0. The lowest BCUT2D eigenvalue weighted by molar-refractivity contribution is 0.0687. The summed E-state index contributed by atoms with van der Waals surface area (Å²) in [7, 11) is 1.99. The van der Waals surface area contributed by atoms with Crippen molar-refractivity contribution in [3.8, 4) is 0 Å². The van der Waals surface area contributed by atoms with E-state index in [1.54, 1.807) is 6.20 Å². The van der Waals surface area contributed by atoms with Crippen LogP contribution in [0.5, 0.6) is 0 Å². The first-order chi connectivity index (χ1) is 10.6. The van der Waals surface area contributed by atoms with Gasteiger partial charge >= 0.3 is 0 Å². The summed E-state index contributed by atoms with van der Waals surface area (Å²) in [4.78, 5) is 19.1. The Morgan fingerprint density at radius 3 is 2.58 bits per heavy atom. The van der Waals surface area contributed by atoms with Crippen LogP contribution in [-0.4, -0.2) is 48.5 Å². The molecule has 2 rings (SSSR count). The van der Waals surface area contributed by atoms with Crippen molar-refractivity contribution < 1.29 is 4.79 Å². The molecule has 0 saturated carbocycles. The maximum Gasteiger partial charge on any atom is 0.257 e. The minimum absolute atomic E-state index is 0. The number of rotatable bonds is 6. The summed E-state index contributed by atoms with van der Waals surface area (Å²) in [5.74, 6) is 1.53. The van der Waals surface area contributed by atoms with Crippen molar-refractivity contribution in [3.05, 3.63) is 23.9 Å². The van der Waals surface area contributed by atoms with Crippen LogP contribution >= 0.6 is 24.8 Å². The van der Waals surface area contributed by atoms with Crippen LogP contribution < -0.4 is 10.6 Å². The molecule has 0 bridgehead atoms. The largest absolute Gasteiger partial charge is 0.367 e. The van der Waals surface area contributed by atoms with Gasteiger partial charge in [-0.2, -0.15) is 0 Å². The molecule has 24 heavy (non-hydrogen) atoms. The average Bonchev–Trinajstić information content (AvgIpc) is 2.53. The summed E-state index contributed by atoms with van der Waals surface area (Å²) in [6.07, 6.45) is 5.12. The van der Waals surface area contributed by atoms with E-state index in [-0.39, 0.29) is 36.8 Å². The Morgan fingerprint density at radius 2 is 2.00 bits per heavy atom. The van der Waals surface area contributed by atoms with E-state index in [2.05, 4.69) is 29.5 Å². The van der Waals surface area contributed by atoms with Crippen LogP contribution in [0.25, 0.3) is 0 Å². The molecule has 138 valence electrons. The SMILES string of the molecule is CNCCC1CCN(C(=O)c2cccnc2NC(C)C)CC1.Cl.Cl. The highest BCUT2D eigenvalue weighted by Crippen LogP contribution is 2.23. The van der Waals surface area contributed by atoms with E-state index in [1.165, 1.54) is 6.42 Å². The van der Waals surface area contributed by atoms with E-state index in [1.807, 2.05) is 24.1 Å². The van der Waals surface area contributed by atoms with Gasteiger partial charge in [-0.1, -0.05) is 0 Å². The molecular weight excluding hydrogens is 347 g/mol. The molecule has 7 heteroatoms. The van der Waals surface area contributed by atoms with Gasteiger partial charge in [-0.3, -0.25) is 4.79 Å². The van der Waals surface area contributed by atoms with Crippen molar-refractivity contribution in [1.82, 2.24) is 15.2 Å². The standard InChI is InChI=1S/C17H28N4O.2ClH/c1-13(2)20-16-15(5-4-9-19-16)17(22)21-11-7-14(8-12-21)6-10-18-3;;/h4-5,9,13-14,18H,6-8,10-12H2,1-3H3,(H,19,20);2*1H. The van der Waals surface area contributed by atoms with Crippen molar-refractivity contribution >= 4 is 36.5 Å². The number of nitrogens with zero attached hydrogens (tertiary/aromatic N) is 2. The van der Waals surface area contributed by atoms with Crippen molar-refractivity contribution in [1.29, 1.82) is 0 Å². The first kappa shape index (κ1) is 23.0. The summed E-state index contributed by atoms with van der Waals surface area (Å²) in [6, 6.07) is 3.96. The maximum atomic E-state index is 12.8. The van der Waals surface area contributed by atoms with Crippen LogP contribution in [0, 0.1) is 5.92 Å². The highest BCUT2D eigenvalue weighted by atomic mass is 35.5. The molecule has 1 saturated heterocycles. The van der Waals surface area contributed by atoms with E-state index < -0.39 is 0 Å². The Hall–Kier alpha value is -1.04. The van der Waals surface area contributed by atoms with Crippen LogP contribution in [0.15, 0.2) is 18.3 Å². The summed E-state index contributed by atoms with van der Waals surface area (Å²) in [5.41, 5.74) is 0.685. The Bertz CT molecular complexity index is 491. The van der Waals surface area contributed by atoms with Gasteiger partial charge in [-0.25, -0.2) is 4.98 Å². The summed E-state index contributed by atoms with van der Waals surface area (Å²) >= 11 is 0. The summed E-state index contributed by atoms with van der Waals surface area (Å²) in [5, 5.41) is 6.47. The van der Waals surface area contributed by atoms with Crippen LogP contribution in [0.3, 0.4) is 0 Å². The number of amides is 1. The predicted molar refractivity (Wildman–Crippen MR) is 105 cm³/mol. The second-order valence-electron chi connectivity index (χ2n) is 6.33. The molecule has 1 amide bonds. The van der Waals surface area contributed by atoms with Gasteiger partial charge in [0, 0.05) is 25.3 Å². The minimum atomic E-state index is 0. The maximum absolute atomic E-state index is 12.8. The molecule has 5 nitrogen and oxygen atoms in total. The molecule has 0 spiro atoms. The number of aromatic nitrogens is 1. The first-order valence-corrected chi connectivity index (χ1v) is 8.27. The van der Waals surface area contributed by atoms with Crippen LogP contribution in [0.2, 0.25) is 0 Å². The van der Waals surface area contributed by atoms with Crippen LogP contribution in [0.1, 0.15) is 43.5 Å². The van der Waals surface area contributed by atoms with Gasteiger partial charge in [-0.05, 0) is 64.8 Å². The number of hydrogen-bond acceptors (Lipinski definition) is 4. The third-order valence-electron chi connectivity index (χ3n) is 4.17. The summed E-state index contributed by atoms with van der Waals surface area (Å²) in [6.45, 7) is 6.86. The molecule has 2 N–H and O–H groups in total. The van der Waals surface area contributed by atoms with Gasteiger partial charge in [0.15, 0.2) is 0 Å². The second kappa shape index (κ2) is 11.5. The third-order valence-corrected chi connectivity index (χ3v) is 4.17. The Labute approximate surface area is 157 Å². The quantitative estimate of drug-likeness (QED) is 0.799. The molecule has 0 unspecified atom stereocenters. The normalized spacial score (nSPS) is 14.8. The number of halogens is 2. The molecule has 1 aromatic heterocycles. The zero-order valence-corrected chi connectivity index (χ0v) is 16.4.